The Hall–Kier alpha value is -1.14. The van der Waals surface area contributed by atoms with Gasteiger partial charge in [0.25, 0.3) is 0 Å². The average molecular weight is 710 g/mol. The van der Waals surface area contributed by atoms with Gasteiger partial charge in [-0.1, -0.05) is 168 Å². The number of carbonyl (C=O) groups excluding carboxylic acids is 2. The number of aliphatic hydroxyl groups excluding tert-OH is 1. The molecular weight excluding hydrogens is 622 g/mol. The molecule has 1 unspecified atom stereocenters. The SMILES string of the molecule is CCCCCCCCCCC(CCCCCCCC)C(=O)OCCCCCCN(CCCO)CCCCCCOC(=O)CCCCCCCC. The zero-order chi connectivity index (χ0) is 36.6. The van der Waals surface area contributed by atoms with Gasteiger partial charge in [-0.25, -0.2) is 0 Å². The van der Waals surface area contributed by atoms with Crippen LogP contribution in [0.15, 0.2) is 0 Å². The van der Waals surface area contributed by atoms with E-state index in [0.29, 0.717) is 19.6 Å². The number of esters is 2. The molecule has 0 rings (SSSR count). The lowest BCUT2D eigenvalue weighted by atomic mass is 9.94. The van der Waals surface area contributed by atoms with E-state index in [0.717, 1.165) is 116 Å². The Balaban J connectivity index is 4.13. The second kappa shape index (κ2) is 40.6. The van der Waals surface area contributed by atoms with Crippen LogP contribution < -0.4 is 0 Å². The molecule has 0 radical (unpaired) electrons. The maximum Gasteiger partial charge on any atom is 0.308 e. The molecule has 0 aliphatic rings. The van der Waals surface area contributed by atoms with Crippen molar-refractivity contribution >= 4 is 11.9 Å². The van der Waals surface area contributed by atoms with Gasteiger partial charge in [-0.15, -0.1) is 0 Å². The Morgan fingerprint density at radius 2 is 0.840 bits per heavy atom. The minimum Gasteiger partial charge on any atom is -0.466 e. The quantitative estimate of drug-likeness (QED) is 0.0503. The van der Waals surface area contributed by atoms with Crippen molar-refractivity contribution in [1.82, 2.24) is 4.90 Å². The molecule has 1 N–H and O–H groups in total. The number of nitrogens with zero attached hydrogens (tertiary/aromatic N) is 1. The highest BCUT2D eigenvalue weighted by Gasteiger charge is 2.19. The third-order valence-electron chi connectivity index (χ3n) is 10.3. The number of hydrogen-bond donors (Lipinski definition) is 1. The minimum atomic E-state index is -0.0318. The van der Waals surface area contributed by atoms with Crippen LogP contribution in [0.4, 0.5) is 0 Å². The molecule has 50 heavy (non-hydrogen) atoms. The van der Waals surface area contributed by atoms with Crippen molar-refractivity contribution < 1.29 is 24.2 Å². The second-order valence-electron chi connectivity index (χ2n) is 15.2. The van der Waals surface area contributed by atoms with Gasteiger partial charge in [-0.05, 0) is 64.5 Å². The van der Waals surface area contributed by atoms with Crippen molar-refractivity contribution in [2.24, 2.45) is 5.92 Å². The van der Waals surface area contributed by atoms with Crippen LogP contribution in [0.25, 0.3) is 0 Å². The lowest BCUT2D eigenvalue weighted by Crippen LogP contribution is -2.28. The predicted octanol–water partition coefficient (Wildman–Crippen LogP) is 12.5. The van der Waals surface area contributed by atoms with E-state index >= 15 is 0 Å². The summed E-state index contributed by atoms with van der Waals surface area (Å²) in [4.78, 5) is 27.5. The highest BCUT2D eigenvalue weighted by molar-refractivity contribution is 5.72. The second-order valence-corrected chi connectivity index (χ2v) is 15.2. The first kappa shape index (κ1) is 48.9. The molecule has 0 aromatic heterocycles. The van der Waals surface area contributed by atoms with Gasteiger partial charge < -0.3 is 19.5 Å². The Labute approximate surface area is 312 Å². The summed E-state index contributed by atoms with van der Waals surface area (Å²) in [6.07, 6.45) is 37.3. The van der Waals surface area contributed by atoms with Crippen molar-refractivity contribution in [2.75, 3.05) is 39.5 Å². The molecule has 0 amide bonds. The van der Waals surface area contributed by atoms with Crippen LogP contribution in [-0.2, 0) is 19.1 Å². The summed E-state index contributed by atoms with van der Waals surface area (Å²) < 4.78 is 11.3. The summed E-state index contributed by atoms with van der Waals surface area (Å²) in [5, 5.41) is 9.37. The van der Waals surface area contributed by atoms with Crippen LogP contribution in [0.2, 0.25) is 0 Å². The van der Waals surface area contributed by atoms with Crippen molar-refractivity contribution in [3.63, 3.8) is 0 Å². The summed E-state index contributed by atoms with van der Waals surface area (Å²) in [6.45, 7) is 11.2. The van der Waals surface area contributed by atoms with Crippen LogP contribution in [0.3, 0.4) is 0 Å². The molecule has 0 heterocycles. The van der Waals surface area contributed by atoms with Crippen LogP contribution in [0.5, 0.6) is 0 Å². The van der Waals surface area contributed by atoms with Gasteiger partial charge in [-0.2, -0.15) is 0 Å². The zero-order valence-electron chi connectivity index (χ0n) is 34.0. The van der Waals surface area contributed by atoms with E-state index in [-0.39, 0.29) is 24.5 Å². The van der Waals surface area contributed by atoms with Gasteiger partial charge in [0.2, 0.25) is 0 Å². The molecule has 0 saturated heterocycles. The number of rotatable bonds is 41. The largest absolute Gasteiger partial charge is 0.466 e. The van der Waals surface area contributed by atoms with E-state index in [2.05, 4.69) is 25.7 Å². The fourth-order valence-corrected chi connectivity index (χ4v) is 6.89. The van der Waals surface area contributed by atoms with Crippen LogP contribution >= 0.6 is 0 Å². The molecule has 1 atom stereocenters. The smallest absolute Gasteiger partial charge is 0.308 e. The highest BCUT2D eigenvalue weighted by atomic mass is 16.5. The molecule has 0 fully saturated rings. The highest BCUT2D eigenvalue weighted by Crippen LogP contribution is 2.21. The number of aliphatic hydroxyl groups is 1. The monoisotopic (exact) mass is 710 g/mol. The summed E-state index contributed by atoms with van der Waals surface area (Å²) in [5.74, 6) is 0.116. The van der Waals surface area contributed by atoms with Gasteiger partial charge in [-0.3, -0.25) is 9.59 Å². The molecule has 6 heteroatoms. The topological polar surface area (TPSA) is 76.1 Å². The van der Waals surface area contributed by atoms with E-state index < -0.39 is 0 Å². The molecule has 0 aliphatic carbocycles. The number of ether oxygens (including phenoxy) is 2. The number of hydrogen-bond acceptors (Lipinski definition) is 6. The lowest BCUT2D eigenvalue weighted by Gasteiger charge is -2.22. The molecule has 6 nitrogen and oxygen atoms in total. The first-order chi connectivity index (χ1) is 24.6. The van der Waals surface area contributed by atoms with Crippen molar-refractivity contribution in [2.45, 2.75) is 226 Å². The minimum absolute atomic E-state index is 0.0318. The average Bonchev–Trinajstić information content (AvgIpc) is 3.12. The summed E-state index contributed by atoms with van der Waals surface area (Å²) in [5.41, 5.74) is 0. The summed E-state index contributed by atoms with van der Waals surface area (Å²) in [7, 11) is 0. The molecule has 0 saturated carbocycles. The van der Waals surface area contributed by atoms with Gasteiger partial charge in [0.1, 0.15) is 0 Å². The zero-order valence-corrected chi connectivity index (χ0v) is 34.0. The normalized spacial score (nSPS) is 12.1. The molecule has 0 aromatic carbocycles. The molecule has 0 aromatic rings. The van der Waals surface area contributed by atoms with Crippen LogP contribution in [0, 0.1) is 5.92 Å². The van der Waals surface area contributed by atoms with E-state index in [9.17, 15) is 14.7 Å². The Kier molecular flexibility index (Phi) is 39.7. The van der Waals surface area contributed by atoms with E-state index in [4.69, 9.17) is 9.47 Å². The molecular formula is C44H87NO5. The Morgan fingerprint density at radius 1 is 0.460 bits per heavy atom. The number of carbonyl (C=O) groups is 2. The third-order valence-corrected chi connectivity index (χ3v) is 10.3. The Bertz CT molecular complexity index is 702. The third kappa shape index (κ3) is 35.3. The predicted molar refractivity (Wildman–Crippen MR) is 214 cm³/mol. The van der Waals surface area contributed by atoms with Gasteiger partial charge in [0.05, 0.1) is 19.1 Å². The number of unbranched alkanes of at least 4 members (excludes halogenated alkanes) is 23. The fourth-order valence-electron chi connectivity index (χ4n) is 6.89. The molecule has 298 valence electrons. The molecule has 0 spiro atoms. The summed E-state index contributed by atoms with van der Waals surface area (Å²) in [6, 6.07) is 0. The summed E-state index contributed by atoms with van der Waals surface area (Å²) >= 11 is 0. The first-order valence-corrected chi connectivity index (χ1v) is 22.2. The van der Waals surface area contributed by atoms with Crippen molar-refractivity contribution in [3.05, 3.63) is 0 Å². The van der Waals surface area contributed by atoms with Gasteiger partial charge in [0, 0.05) is 19.6 Å². The van der Waals surface area contributed by atoms with Crippen molar-refractivity contribution in [3.8, 4) is 0 Å². The van der Waals surface area contributed by atoms with E-state index in [1.807, 2.05) is 0 Å². The van der Waals surface area contributed by atoms with E-state index in [1.54, 1.807) is 0 Å². The fraction of sp³-hybridized carbons (Fsp3) is 0.955. The lowest BCUT2D eigenvalue weighted by molar-refractivity contribution is -0.149. The van der Waals surface area contributed by atoms with Crippen LogP contribution in [0.1, 0.15) is 226 Å². The van der Waals surface area contributed by atoms with Crippen LogP contribution in [-0.4, -0.2) is 61.4 Å². The molecule has 0 bridgehead atoms. The standard InChI is InChI=1S/C44H87NO5/c1-4-7-10-13-16-17-19-26-34-42(33-25-18-14-11-8-5-2)44(48)50-41-31-24-22-29-37-45(38-32-39-46)36-28-21-23-30-40-49-43(47)35-27-20-15-12-9-6-3/h42,46H,4-41H2,1-3H3. The maximum absolute atomic E-state index is 13.0. The molecule has 0 aliphatic heterocycles. The van der Waals surface area contributed by atoms with Crippen molar-refractivity contribution in [1.29, 1.82) is 0 Å². The van der Waals surface area contributed by atoms with E-state index in [1.165, 1.54) is 103 Å². The Morgan fingerprint density at radius 3 is 1.32 bits per heavy atom. The maximum atomic E-state index is 13.0. The van der Waals surface area contributed by atoms with Gasteiger partial charge in [0.15, 0.2) is 0 Å². The van der Waals surface area contributed by atoms with Gasteiger partial charge >= 0.3 is 11.9 Å². The first-order valence-electron chi connectivity index (χ1n) is 22.2.